The number of rotatable bonds is 3. The molecule has 0 bridgehead atoms. The van der Waals surface area contributed by atoms with Crippen molar-refractivity contribution >= 4 is 11.6 Å². The maximum absolute atomic E-state index is 12.7. The van der Waals surface area contributed by atoms with Gasteiger partial charge in [0.2, 0.25) is 0 Å². The lowest BCUT2D eigenvalue weighted by molar-refractivity contribution is -0.137. The Bertz CT molecular complexity index is 430. The monoisotopic (exact) mass is 293 g/mol. The van der Waals surface area contributed by atoms with E-state index in [0.717, 1.165) is 18.9 Å². The molecule has 1 aliphatic heterocycles. The normalized spacial score (nSPS) is 17.7. The summed E-state index contributed by atoms with van der Waals surface area (Å²) < 4.78 is 43.3. The van der Waals surface area contributed by atoms with Crippen LogP contribution in [0.15, 0.2) is 18.2 Å². The van der Waals surface area contributed by atoms with Gasteiger partial charge in [-0.15, -0.1) is 0 Å². The van der Waals surface area contributed by atoms with Crippen LogP contribution < -0.4 is 5.32 Å². The van der Waals surface area contributed by atoms with E-state index in [9.17, 15) is 13.2 Å². The van der Waals surface area contributed by atoms with Gasteiger partial charge < -0.3 is 10.1 Å². The second-order valence-electron chi connectivity index (χ2n) is 4.54. The number of benzene rings is 1. The molecule has 6 heteroatoms. The predicted octanol–water partition coefficient (Wildman–Crippen LogP) is 3.63. The highest BCUT2D eigenvalue weighted by atomic mass is 35.5. The third kappa shape index (κ3) is 3.84. The van der Waals surface area contributed by atoms with Gasteiger partial charge in [-0.3, -0.25) is 0 Å². The number of alkyl halides is 3. The van der Waals surface area contributed by atoms with Crippen molar-refractivity contribution < 1.29 is 17.9 Å². The third-order valence-corrected chi connectivity index (χ3v) is 3.63. The summed E-state index contributed by atoms with van der Waals surface area (Å²) in [7, 11) is 0. The molecule has 0 atom stereocenters. The van der Waals surface area contributed by atoms with Crippen molar-refractivity contribution in [1.82, 2.24) is 5.32 Å². The first-order chi connectivity index (χ1) is 8.98. The summed E-state index contributed by atoms with van der Waals surface area (Å²) in [5.41, 5.74) is -0.302. The Morgan fingerprint density at radius 2 is 1.95 bits per heavy atom. The molecule has 1 fully saturated rings. The Hall–Kier alpha value is -0.780. The second kappa shape index (κ2) is 6.11. The van der Waals surface area contributed by atoms with E-state index in [1.165, 1.54) is 6.07 Å². The molecule has 0 radical (unpaired) electrons. The van der Waals surface area contributed by atoms with E-state index in [0.29, 0.717) is 25.3 Å². The molecule has 0 saturated carbocycles. The molecule has 1 aromatic rings. The van der Waals surface area contributed by atoms with Crippen LogP contribution in [0.4, 0.5) is 13.2 Å². The summed E-state index contributed by atoms with van der Waals surface area (Å²) >= 11 is 5.83. The Morgan fingerprint density at radius 1 is 1.26 bits per heavy atom. The van der Waals surface area contributed by atoms with Crippen LogP contribution in [0.25, 0.3) is 0 Å². The minimum Gasteiger partial charge on any atom is -0.381 e. The van der Waals surface area contributed by atoms with Gasteiger partial charge in [0.1, 0.15) is 0 Å². The maximum Gasteiger partial charge on any atom is 0.417 e. The number of hydrogen-bond acceptors (Lipinski definition) is 2. The van der Waals surface area contributed by atoms with Gasteiger partial charge >= 0.3 is 6.18 Å². The lowest BCUT2D eigenvalue weighted by atomic mass is 10.1. The molecule has 1 aromatic carbocycles. The molecule has 2 rings (SSSR count). The van der Waals surface area contributed by atoms with Crippen LogP contribution in [0, 0.1) is 0 Å². The van der Waals surface area contributed by atoms with Crippen molar-refractivity contribution in [2.24, 2.45) is 0 Å². The zero-order chi connectivity index (χ0) is 13.9. The van der Waals surface area contributed by atoms with Crippen molar-refractivity contribution in [1.29, 1.82) is 0 Å². The van der Waals surface area contributed by atoms with Gasteiger partial charge in [-0.1, -0.05) is 23.7 Å². The predicted molar refractivity (Wildman–Crippen MR) is 67.1 cm³/mol. The largest absolute Gasteiger partial charge is 0.417 e. The second-order valence-corrected chi connectivity index (χ2v) is 4.92. The molecule has 19 heavy (non-hydrogen) atoms. The molecule has 0 aromatic heterocycles. The van der Waals surface area contributed by atoms with E-state index < -0.39 is 11.7 Å². The first-order valence-corrected chi connectivity index (χ1v) is 6.52. The van der Waals surface area contributed by atoms with Gasteiger partial charge in [0.05, 0.1) is 10.6 Å². The molecule has 0 spiro atoms. The molecule has 0 aliphatic carbocycles. The minimum absolute atomic E-state index is 0.213. The van der Waals surface area contributed by atoms with E-state index in [1.54, 1.807) is 6.07 Å². The van der Waals surface area contributed by atoms with E-state index in [1.807, 2.05) is 0 Å². The molecular formula is C13H15ClF3NO. The fourth-order valence-corrected chi connectivity index (χ4v) is 2.39. The van der Waals surface area contributed by atoms with Gasteiger partial charge in [-0.05, 0) is 24.5 Å². The summed E-state index contributed by atoms with van der Waals surface area (Å²) in [5.74, 6) is 0. The fourth-order valence-electron chi connectivity index (χ4n) is 2.09. The molecule has 1 saturated heterocycles. The Kier molecular flexibility index (Phi) is 4.71. The van der Waals surface area contributed by atoms with E-state index in [4.69, 9.17) is 16.3 Å². The van der Waals surface area contributed by atoms with Crippen molar-refractivity contribution in [2.75, 3.05) is 13.2 Å². The first-order valence-electron chi connectivity index (χ1n) is 6.14. The standard InChI is InChI=1S/C13H15ClF3NO/c14-12-9(2-1-3-11(12)13(15,16)17)8-18-10-4-6-19-7-5-10/h1-3,10,18H,4-8H2. The van der Waals surface area contributed by atoms with Gasteiger partial charge in [0.15, 0.2) is 0 Å². The first kappa shape index (κ1) is 14.6. The van der Waals surface area contributed by atoms with Crippen LogP contribution in [0.5, 0.6) is 0 Å². The molecule has 1 heterocycles. The quantitative estimate of drug-likeness (QED) is 0.919. The fraction of sp³-hybridized carbons (Fsp3) is 0.538. The van der Waals surface area contributed by atoms with Crippen LogP contribution in [0.3, 0.4) is 0 Å². The Morgan fingerprint density at radius 3 is 2.58 bits per heavy atom. The molecule has 106 valence electrons. The number of halogens is 4. The van der Waals surface area contributed by atoms with Crippen molar-refractivity contribution in [2.45, 2.75) is 31.6 Å². The SMILES string of the molecule is FC(F)(F)c1cccc(CNC2CCOCC2)c1Cl. The maximum atomic E-state index is 12.7. The van der Waals surface area contributed by atoms with Crippen molar-refractivity contribution in [3.8, 4) is 0 Å². The molecule has 1 aliphatic rings. The van der Waals surface area contributed by atoms with Crippen LogP contribution in [0.1, 0.15) is 24.0 Å². The topological polar surface area (TPSA) is 21.3 Å². The average molecular weight is 294 g/mol. The minimum atomic E-state index is -4.41. The van der Waals surface area contributed by atoms with Crippen LogP contribution in [-0.4, -0.2) is 19.3 Å². The van der Waals surface area contributed by atoms with E-state index in [2.05, 4.69) is 5.32 Å². The lowest BCUT2D eigenvalue weighted by Gasteiger charge is -2.23. The summed E-state index contributed by atoms with van der Waals surface area (Å²) in [5, 5.41) is 3.01. The van der Waals surface area contributed by atoms with Crippen LogP contribution in [0.2, 0.25) is 5.02 Å². The number of nitrogens with one attached hydrogen (secondary N) is 1. The smallest absolute Gasteiger partial charge is 0.381 e. The number of hydrogen-bond donors (Lipinski definition) is 1. The molecule has 0 amide bonds. The highest BCUT2D eigenvalue weighted by molar-refractivity contribution is 6.32. The zero-order valence-electron chi connectivity index (χ0n) is 10.3. The highest BCUT2D eigenvalue weighted by Gasteiger charge is 2.33. The van der Waals surface area contributed by atoms with Gasteiger partial charge in [-0.2, -0.15) is 13.2 Å². The Labute approximate surface area is 114 Å². The molecule has 0 unspecified atom stereocenters. The molecule has 2 nitrogen and oxygen atoms in total. The van der Waals surface area contributed by atoms with E-state index >= 15 is 0 Å². The summed E-state index contributed by atoms with van der Waals surface area (Å²) in [4.78, 5) is 0. The van der Waals surface area contributed by atoms with Crippen molar-refractivity contribution in [3.05, 3.63) is 34.3 Å². The summed E-state index contributed by atoms with van der Waals surface area (Å²) in [6, 6.07) is 4.28. The number of ether oxygens (including phenoxy) is 1. The molecule has 1 N–H and O–H groups in total. The molecular weight excluding hydrogens is 279 g/mol. The third-order valence-electron chi connectivity index (χ3n) is 3.19. The van der Waals surface area contributed by atoms with Crippen molar-refractivity contribution in [3.63, 3.8) is 0 Å². The van der Waals surface area contributed by atoms with Gasteiger partial charge in [0.25, 0.3) is 0 Å². The lowest BCUT2D eigenvalue weighted by Crippen LogP contribution is -2.34. The van der Waals surface area contributed by atoms with E-state index in [-0.39, 0.29) is 11.1 Å². The summed E-state index contributed by atoms with van der Waals surface area (Å²) in [6.07, 6.45) is -2.67. The zero-order valence-corrected chi connectivity index (χ0v) is 11.0. The average Bonchev–Trinajstić information content (AvgIpc) is 2.37. The summed E-state index contributed by atoms with van der Waals surface area (Å²) in [6.45, 7) is 1.72. The van der Waals surface area contributed by atoms with Gasteiger partial charge in [-0.25, -0.2) is 0 Å². The van der Waals surface area contributed by atoms with Crippen LogP contribution >= 0.6 is 11.6 Å². The van der Waals surface area contributed by atoms with Gasteiger partial charge in [0, 0.05) is 25.8 Å². The Balaban J connectivity index is 2.04. The van der Waals surface area contributed by atoms with Crippen LogP contribution in [-0.2, 0) is 17.5 Å². The highest BCUT2D eigenvalue weighted by Crippen LogP contribution is 2.36.